The van der Waals surface area contributed by atoms with E-state index in [1.165, 1.54) is 0 Å². The van der Waals surface area contributed by atoms with Crippen LogP contribution in [0.5, 0.6) is 0 Å². The van der Waals surface area contributed by atoms with Crippen LogP contribution in [0.3, 0.4) is 0 Å². The summed E-state index contributed by atoms with van der Waals surface area (Å²) in [4.78, 5) is 33.2. The quantitative estimate of drug-likeness (QED) is 0.680. The number of benzene rings is 1. The molecule has 2 amide bonds. The summed E-state index contributed by atoms with van der Waals surface area (Å²) < 4.78 is 1.91. The summed E-state index contributed by atoms with van der Waals surface area (Å²) in [5, 5.41) is 0.661. The highest BCUT2D eigenvalue weighted by Crippen LogP contribution is 2.13. The molecule has 3 aromatic rings. The molecule has 1 aliphatic rings. The molecule has 0 unspecified atom stereocenters. The molecular formula is C21H21ClN4O2. The molecule has 0 radical (unpaired) electrons. The lowest BCUT2D eigenvalue weighted by molar-refractivity contribution is -0.138. The number of hydrogen-bond acceptors (Lipinski definition) is 3. The van der Waals surface area contributed by atoms with Crippen molar-refractivity contribution in [3.8, 4) is 0 Å². The third-order valence-electron chi connectivity index (χ3n) is 5.00. The second-order valence-corrected chi connectivity index (χ2v) is 7.38. The summed E-state index contributed by atoms with van der Waals surface area (Å²) in [6.45, 7) is 2.23. The molecule has 28 heavy (non-hydrogen) atoms. The van der Waals surface area contributed by atoms with Crippen LogP contribution in [0.25, 0.3) is 5.65 Å². The van der Waals surface area contributed by atoms with Gasteiger partial charge in [-0.25, -0.2) is 4.98 Å². The summed E-state index contributed by atoms with van der Waals surface area (Å²) in [7, 11) is 0. The minimum atomic E-state index is 0.0493. The van der Waals surface area contributed by atoms with Crippen LogP contribution in [0.15, 0.2) is 54.9 Å². The zero-order valence-corrected chi connectivity index (χ0v) is 16.2. The van der Waals surface area contributed by atoms with Gasteiger partial charge >= 0.3 is 0 Å². The van der Waals surface area contributed by atoms with Gasteiger partial charge in [0.05, 0.1) is 18.5 Å². The minimum Gasteiger partial charge on any atom is -0.339 e. The number of rotatable bonds is 4. The Labute approximate surface area is 168 Å². The maximum Gasteiger partial charge on any atom is 0.228 e. The Morgan fingerprint density at radius 1 is 0.893 bits per heavy atom. The van der Waals surface area contributed by atoms with E-state index in [1.54, 1.807) is 12.1 Å². The van der Waals surface area contributed by atoms with Gasteiger partial charge in [-0.15, -0.1) is 0 Å². The zero-order chi connectivity index (χ0) is 19.5. The molecule has 7 heteroatoms. The van der Waals surface area contributed by atoms with Gasteiger partial charge in [0.15, 0.2) is 0 Å². The van der Waals surface area contributed by atoms with Crippen LogP contribution in [0.4, 0.5) is 0 Å². The number of carbonyl (C=O) groups excluding carboxylic acids is 2. The second kappa shape index (κ2) is 8.02. The highest BCUT2D eigenvalue weighted by molar-refractivity contribution is 6.30. The molecule has 0 bridgehead atoms. The zero-order valence-electron chi connectivity index (χ0n) is 15.4. The van der Waals surface area contributed by atoms with Crippen molar-refractivity contribution in [3.63, 3.8) is 0 Å². The molecule has 1 saturated heterocycles. The van der Waals surface area contributed by atoms with E-state index in [2.05, 4.69) is 4.98 Å². The number of carbonyl (C=O) groups is 2. The van der Waals surface area contributed by atoms with Crippen LogP contribution in [0, 0.1) is 0 Å². The van der Waals surface area contributed by atoms with Crippen molar-refractivity contribution >= 4 is 29.1 Å². The summed E-state index contributed by atoms with van der Waals surface area (Å²) in [5.74, 6) is 0.128. The molecular weight excluding hydrogens is 376 g/mol. The molecule has 144 valence electrons. The van der Waals surface area contributed by atoms with Gasteiger partial charge in [-0.3, -0.25) is 9.59 Å². The first-order valence-electron chi connectivity index (χ1n) is 9.31. The predicted octanol–water partition coefficient (Wildman–Crippen LogP) is 2.44. The monoisotopic (exact) mass is 396 g/mol. The number of halogens is 1. The Kier molecular flexibility index (Phi) is 5.30. The van der Waals surface area contributed by atoms with Gasteiger partial charge in [0.1, 0.15) is 5.65 Å². The average molecular weight is 397 g/mol. The van der Waals surface area contributed by atoms with Gasteiger partial charge in [-0.2, -0.15) is 0 Å². The van der Waals surface area contributed by atoms with Gasteiger partial charge in [0, 0.05) is 43.6 Å². The number of piperazine rings is 1. The standard InChI is InChI=1S/C21H21ClN4O2/c22-17-6-4-16(5-7-17)13-20(27)24-9-11-25(12-10-24)21(28)14-18-15-26-8-2-1-3-19(26)23-18/h1-8,15H,9-14H2. The van der Waals surface area contributed by atoms with Crippen molar-refractivity contribution < 1.29 is 9.59 Å². The van der Waals surface area contributed by atoms with Crippen molar-refractivity contribution in [2.45, 2.75) is 12.8 Å². The molecule has 1 aliphatic heterocycles. The van der Waals surface area contributed by atoms with E-state index in [0.717, 1.165) is 16.9 Å². The highest BCUT2D eigenvalue weighted by atomic mass is 35.5. The molecule has 4 rings (SSSR count). The van der Waals surface area contributed by atoms with E-state index in [-0.39, 0.29) is 18.2 Å². The lowest BCUT2D eigenvalue weighted by Crippen LogP contribution is -2.51. The second-order valence-electron chi connectivity index (χ2n) is 6.94. The maximum absolute atomic E-state index is 12.6. The molecule has 1 aromatic carbocycles. The lowest BCUT2D eigenvalue weighted by Gasteiger charge is -2.34. The highest BCUT2D eigenvalue weighted by Gasteiger charge is 2.24. The van der Waals surface area contributed by atoms with E-state index in [0.29, 0.717) is 37.6 Å². The molecule has 3 heterocycles. The normalized spacial score (nSPS) is 14.5. The fraction of sp³-hybridized carbons (Fsp3) is 0.286. The molecule has 0 N–H and O–H groups in total. The SMILES string of the molecule is O=C(Cc1ccc(Cl)cc1)N1CCN(C(=O)Cc2cn3ccccc3n2)CC1. The van der Waals surface area contributed by atoms with Crippen molar-refractivity contribution in [2.75, 3.05) is 26.2 Å². The van der Waals surface area contributed by atoms with E-state index >= 15 is 0 Å². The minimum absolute atomic E-state index is 0.0493. The third-order valence-corrected chi connectivity index (χ3v) is 5.25. The van der Waals surface area contributed by atoms with Crippen LogP contribution in [0.1, 0.15) is 11.3 Å². The van der Waals surface area contributed by atoms with Crippen LogP contribution in [-0.4, -0.2) is 57.2 Å². The molecule has 1 fully saturated rings. The van der Waals surface area contributed by atoms with E-state index in [1.807, 2.05) is 56.9 Å². The molecule has 6 nitrogen and oxygen atoms in total. The summed E-state index contributed by atoms with van der Waals surface area (Å²) in [5.41, 5.74) is 2.54. The van der Waals surface area contributed by atoms with Gasteiger partial charge in [0.25, 0.3) is 0 Å². The largest absolute Gasteiger partial charge is 0.339 e. The van der Waals surface area contributed by atoms with E-state index in [9.17, 15) is 9.59 Å². The molecule has 0 aliphatic carbocycles. The summed E-state index contributed by atoms with van der Waals surface area (Å²) in [6.07, 6.45) is 4.44. The Morgan fingerprint density at radius 3 is 2.18 bits per heavy atom. The van der Waals surface area contributed by atoms with Crippen molar-refractivity contribution in [2.24, 2.45) is 0 Å². The fourth-order valence-corrected chi connectivity index (χ4v) is 3.56. The number of imidazole rings is 1. The first-order chi connectivity index (χ1) is 13.6. The summed E-state index contributed by atoms with van der Waals surface area (Å²) >= 11 is 5.88. The van der Waals surface area contributed by atoms with Crippen LogP contribution in [0.2, 0.25) is 5.02 Å². The van der Waals surface area contributed by atoms with Gasteiger partial charge in [-0.05, 0) is 29.8 Å². The predicted molar refractivity (Wildman–Crippen MR) is 107 cm³/mol. The lowest BCUT2D eigenvalue weighted by atomic mass is 10.1. The number of hydrogen-bond donors (Lipinski definition) is 0. The van der Waals surface area contributed by atoms with Crippen molar-refractivity contribution in [1.82, 2.24) is 19.2 Å². The average Bonchev–Trinajstić information content (AvgIpc) is 3.12. The van der Waals surface area contributed by atoms with Crippen LogP contribution >= 0.6 is 11.6 Å². The van der Waals surface area contributed by atoms with Gasteiger partial charge in [-0.1, -0.05) is 29.8 Å². The summed E-state index contributed by atoms with van der Waals surface area (Å²) in [6, 6.07) is 13.1. The molecule has 0 atom stereocenters. The van der Waals surface area contributed by atoms with Crippen molar-refractivity contribution in [3.05, 3.63) is 71.1 Å². The maximum atomic E-state index is 12.6. The Morgan fingerprint density at radius 2 is 1.54 bits per heavy atom. The molecule has 2 aromatic heterocycles. The van der Waals surface area contributed by atoms with Crippen molar-refractivity contribution in [1.29, 1.82) is 0 Å². The third kappa shape index (κ3) is 4.17. The number of fused-ring (bicyclic) bond motifs is 1. The fourth-order valence-electron chi connectivity index (χ4n) is 3.43. The molecule has 0 saturated carbocycles. The molecule has 0 spiro atoms. The number of nitrogens with zero attached hydrogens (tertiary/aromatic N) is 4. The Bertz CT molecular complexity index is 958. The van der Waals surface area contributed by atoms with Gasteiger partial charge in [0.2, 0.25) is 11.8 Å². The van der Waals surface area contributed by atoms with E-state index in [4.69, 9.17) is 11.6 Å². The van der Waals surface area contributed by atoms with Gasteiger partial charge < -0.3 is 14.2 Å². The topological polar surface area (TPSA) is 57.9 Å². The Balaban J connectivity index is 1.30. The number of amides is 2. The van der Waals surface area contributed by atoms with Crippen LogP contribution in [-0.2, 0) is 22.4 Å². The smallest absolute Gasteiger partial charge is 0.228 e. The Hall–Kier alpha value is -2.86. The van der Waals surface area contributed by atoms with E-state index < -0.39 is 0 Å². The first-order valence-corrected chi connectivity index (χ1v) is 9.69. The number of pyridine rings is 1. The van der Waals surface area contributed by atoms with Crippen LogP contribution < -0.4 is 0 Å². The first kappa shape index (κ1) is 18.5. The number of aromatic nitrogens is 2.